The molecular formula is C22H29NO2. The maximum atomic E-state index is 12.6. The first-order valence-electron chi connectivity index (χ1n) is 8.79. The van der Waals surface area contributed by atoms with Crippen molar-refractivity contribution in [1.82, 2.24) is 4.90 Å². The molecule has 0 saturated carbocycles. The average molecular weight is 339 g/mol. The number of carbonyl (C=O) groups excluding carboxylic acids is 1. The predicted octanol–water partition coefficient (Wildman–Crippen LogP) is 4.64. The van der Waals surface area contributed by atoms with Gasteiger partial charge >= 0.3 is 5.97 Å². The minimum absolute atomic E-state index is 0.262. The number of hydrogen-bond donors (Lipinski definition) is 0. The predicted molar refractivity (Wildman–Crippen MR) is 103 cm³/mol. The van der Waals surface area contributed by atoms with Gasteiger partial charge in [0.2, 0.25) is 0 Å². The van der Waals surface area contributed by atoms with E-state index in [4.69, 9.17) is 4.74 Å². The Morgan fingerprint density at radius 1 is 1.04 bits per heavy atom. The first-order chi connectivity index (χ1) is 11.8. The van der Waals surface area contributed by atoms with Crippen LogP contribution in [0.4, 0.5) is 0 Å². The standard InChI is InChI=1S/C22H29NO2/c1-7-22(23(5)6,20-11-9-8-10-12-20)15-25-21(24)19-13-16(2)18(4)17(3)14-19/h8-14H,7,15H2,1-6H3. The molecule has 1 atom stereocenters. The highest BCUT2D eigenvalue weighted by Gasteiger charge is 2.34. The summed E-state index contributed by atoms with van der Waals surface area (Å²) in [7, 11) is 4.06. The highest BCUT2D eigenvalue weighted by Crippen LogP contribution is 2.31. The lowest BCUT2D eigenvalue weighted by Gasteiger charge is -2.39. The van der Waals surface area contributed by atoms with Crippen LogP contribution in [0, 0.1) is 20.8 Å². The molecule has 2 rings (SSSR count). The summed E-state index contributed by atoms with van der Waals surface area (Å²) >= 11 is 0. The Morgan fingerprint density at radius 2 is 1.60 bits per heavy atom. The molecule has 0 saturated heterocycles. The summed E-state index contributed by atoms with van der Waals surface area (Å²) in [5.41, 5.74) is 4.90. The van der Waals surface area contributed by atoms with Gasteiger partial charge in [0.1, 0.15) is 6.61 Å². The molecule has 0 bridgehead atoms. The number of hydrogen-bond acceptors (Lipinski definition) is 3. The van der Waals surface area contributed by atoms with E-state index in [2.05, 4.69) is 30.9 Å². The van der Waals surface area contributed by atoms with E-state index in [-0.39, 0.29) is 11.5 Å². The van der Waals surface area contributed by atoms with Crippen LogP contribution in [-0.2, 0) is 10.3 Å². The molecular weight excluding hydrogens is 310 g/mol. The lowest BCUT2D eigenvalue weighted by molar-refractivity contribution is 0.0119. The van der Waals surface area contributed by atoms with E-state index in [1.165, 1.54) is 5.56 Å². The molecule has 0 radical (unpaired) electrons. The molecule has 0 fully saturated rings. The Bertz CT molecular complexity index is 714. The maximum absolute atomic E-state index is 12.6. The molecule has 1 unspecified atom stereocenters. The van der Waals surface area contributed by atoms with Crippen LogP contribution < -0.4 is 0 Å². The molecule has 25 heavy (non-hydrogen) atoms. The van der Waals surface area contributed by atoms with Crippen LogP contribution in [-0.4, -0.2) is 31.6 Å². The first-order valence-corrected chi connectivity index (χ1v) is 8.79. The normalized spacial score (nSPS) is 13.6. The fourth-order valence-corrected chi connectivity index (χ4v) is 3.26. The summed E-state index contributed by atoms with van der Waals surface area (Å²) in [6.07, 6.45) is 0.850. The molecule has 0 spiro atoms. The minimum Gasteiger partial charge on any atom is -0.460 e. The van der Waals surface area contributed by atoms with E-state index in [0.717, 1.165) is 23.1 Å². The number of esters is 1. The zero-order valence-corrected chi connectivity index (χ0v) is 16.2. The Kier molecular flexibility index (Phi) is 6.02. The van der Waals surface area contributed by atoms with Crippen molar-refractivity contribution in [3.63, 3.8) is 0 Å². The molecule has 0 heterocycles. The zero-order chi connectivity index (χ0) is 18.6. The molecule has 0 amide bonds. The van der Waals surface area contributed by atoms with Gasteiger partial charge in [-0.15, -0.1) is 0 Å². The summed E-state index contributed by atoms with van der Waals surface area (Å²) < 4.78 is 5.77. The highest BCUT2D eigenvalue weighted by atomic mass is 16.5. The smallest absolute Gasteiger partial charge is 0.338 e. The van der Waals surface area contributed by atoms with E-state index in [1.54, 1.807) is 0 Å². The summed E-state index contributed by atoms with van der Waals surface area (Å²) in [5, 5.41) is 0. The van der Waals surface area contributed by atoms with Gasteiger partial charge in [0.25, 0.3) is 0 Å². The van der Waals surface area contributed by atoms with Gasteiger partial charge in [-0.25, -0.2) is 4.79 Å². The molecule has 134 valence electrons. The molecule has 0 aromatic heterocycles. The average Bonchev–Trinajstić information content (AvgIpc) is 2.60. The van der Waals surface area contributed by atoms with E-state index < -0.39 is 0 Å². The van der Waals surface area contributed by atoms with Crippen molar-refractivity contribution in [2.75, 3.05) is 20.7 Å². The second-order valence-corrected chi connectivity index (χ2v) is 6.96. The largest absolute Gasteiger partial charge is 0.460 e. The molecule has 3 heteroatoms. The Balaban J connectivity index is 2.25. The number of benzene rings is 2. The molecule has 0 aliphatic rings. The number of ether oxygens (including phenoxy) is 1. The van der Waals surface area contributed by atoms with Gasteiger partial charge in [0, 0.05) is 0 Å². The molecule has 0 N–H and O–H groups in total. The van der Waals surface area contributed by atoms with Crippen molar-refractivity contribution in [2.45, 2.75) is 39.7 Å². The Labute approximate surface area is 151 Å². The lowest BCUT2D eigenvalue weighted by Crippen LogP contribution is -2.45. The molecule has 2 aromatic carbocycles. The topological polar surface area (TPSA) is 29.5 Å². The van der Waals surface area contributed by atoms with Gasteiger partial charge < -0.3 is 4.74 Å². The van der Waals surface area contributed by atoms with E-state index >= 15 is 0 Å². The van der Waals surface area contributed by atoms with Crippen LogP contribution in [0.25, 0.3) is 0 Å². The van der Waals surface area contributed by atoms with Crippen LogP contribution in [0.1, 0.15) is 46.0 Å². The van der Waals surface area contributed by atoms with Crippen molar-refractivity contribution in [3.05, 3.63) is 70.3 Å². The van der Waals surface area contributed by atoms with Crippen molar-refractivity contribution >= 4 is 5.97 Å². The van der Waals surface area contributed by atoms with Crippen molar-refractivity contribution in [3.8, 4) is 0 Å². The quantitative estimate of drug-likeness (QED) is 0.718. The second kappa shape index (κ2) is 7.83. The molecule has 2 aromatic rings. The van der Waals surface area contributed by atoms with Gasteiger partial charge in [0.15, 0.2) is 0 Å². The van der Waals surface area contributed by atoms with Gasteiger partial charge in [-0.3, -0.25) is 4.90 Å². The fourth-order valence-electron chi connectivity index (χ4n) is 3.26. The summed E-state index contributed by atoms with van der Waals surface area (Å²) in [4.78, 5) is 14.8. The van der Waals surface area contributed by atoms with E-state index in [9.17, 15) is 4.79 Å². The van der Waals surface area contributed by atoms with Crippen LogP contribution in [0.3, 0.4) is 0 Å². The van der Waals surface area contributed by atoms with Crippen LogP contribution in [0.15, 0.2) is 42.5 Å². The van der Waals surface area contributed by atoms with Gasteiger partial charge in [-0.2, -0.15) is 0 Å². The fraction of sp³-hybridized carbons (Fsp3) is 0.409. The summed E-state index contributed by atoms with van der Waals surface area (Å²) in [6.45, 7) is 8.58. The second-order valence-electron chi connectivity index (χ2n) is 6.96. The van der Waals surface area contributed by atoms with Crippen molar-refractivity contribution < 1.29 is 9.53 Å². The first kappa shape index (κ1) is 19.2. The number of rotatable bonds is 6. The van der Waals surface area contributed by atoms with Crippen LogP contribution in [0.5, 0.6) is 0 Å². The van der Waals surface area contributed by atoms with E-state index in [1.807, 2.05) is 58.3 Å². The Hall–Kier alpha value is -2.13. The third-order valence-corrected chi connectivity index (χ3v) is 5.36. The maximum Gasteiger partial charge on any atom is 0.338 e. The molecule has 0 aliphatic heterocycles. The van der Waals surface area contributed by atoms with Gasteiger partial charge in [0.05, 0.1) is 11.1 Å². The molecule has 3 nitrogen and oxygen atoms in total. The highest BCUT2D eigenvalue weighted by molar-refractivity contribution is 5.90. The number of aryl methyl sites for hydroxylation is 2. The number of carbonyl (C=O) groups is 1. The Morgan fingerprint density at radius 3 is 2.08 bits per heavy atom. The zero-order valence-electron chi connectivity index (χ0n) is 16.2. The number of nitrogens with zero attached hydrogens (tertiary/aromatic N) is 1. The van der Waals surface area contributed by atoms with Gasteiger partial charge in [-0.05, 0) is 75.7 Å². The molecule has 0 aliphatic carbocycles. The van der Waals surface area contributed by atoms with Crippen LogP contribution in [0.2, 0.25) is 0 Å². The van der Waals surface area contributed by atoms with Crippen molar-refractivity contribution in [2.24, 2.45) is 0 Å². The summed E-state index contributed by atoms with van der Waals surface area (Å²) in [5.74, 6) is -0.262. The number of likely N-dealkylation sites (N-methyl/N-ethyl adjacent to an activating group) is 1. The van der Waals surface area contributed by atoms with Crippen LogP contribution >= 0.6 is 0 Å². The monoisotopic (exact) mass is 339 g/mol. The minimum atomic E-state index is -0.328. The third kappa shape index (κ3) is 3.93. The third-order valence-electron chi connectivity index (χ3n) is 5.36. The lowest BCUT2D eigenvalue weighted by atomic mass is 9.86. The van der Waals surface area contributed by atoms with Crippen molar-refractivity contribution in [1.29, 1.82) is 0 Å². The van der Waals surface area contributed by atoms with E-state index in [0.29, 0.717) is 12.2 Å². The SMILES string of the molecule is CCC(COC(=O)c1cc(C)c(C)c(C)c1)(c1ccccc1)N(C)C. The van der Waals surface area contributed by atoms with Gasteiger partial charge in [-0.1, -0.05) is 37.3 Å². The summed E-state index contributed by atoms with van der Waals surface area (Å²) in [6, 6.07) is 14.1.